The van der Waals surface area contributed by atoms with Crippen molar-refractivity contribution in [1.82, 2.24) is 24.5 Å². The predicted molar refractivity (Wildman–Crippen MR) is 125 cm³/mol. The number of anilines is 1. The fourth-order valence-electron chi connectivity index (χ4n) is 4.25. The standard InChI is InChI=1S/C24H23N7O4/c1-13-9-18(31(4)29-13)19(17-8-6-5-7-15(17)10-25)14(2)22-28-20(21(32)24(34)30(22)3)23(33)27-16-11-26-35-12-16/h5-9,11-12,14,19,32H,1-4H3,(H,27,33)/t14-,19-/m1/s1. The number of aromatic hydroxyl groups is 1. The normalized spacial score (nSPS) is 12.7. The minimum absolute atomic E-state index is 0.248. The molecule has 0 bridgehead atoms. The molecule has 0 aliphatic heterocycles. The van der Waals surface area contributed by atoms with Gasteiger partial charge in [0.25, 0.3) is 11.5 Å². The topological polar surface area (TPSA) is 152 Å². The smallest absolute Gasteiger partial charge is 0.296 e. The Kier molecular flexibility index (Phi) is 6.20. The lowest BCUT2D eigenvalue weighted by Gasteiger charge is -2.27. The molecule has 1 amide bonds. The summed E-state index contributed by atoms with van der Waals surface area (Å²) in [7, 11) is 3.28. The maximum absolute atomic E-state index is 12.9. The number of nitrogens with zero attached hydrogens (tertiary/aromatic N) is 6. The molecule has 1 aromatic carbocycles. The van der Waals surface area contributed by atoms with Crippen molar-refractivity contribution in [2.24, 2.45) is 14.1 Å². The van der Waals surface area contributed by atoms with E-state index in [0.717, 1.165) is 17.0 Å². The van der Waals surface area contributed by atoms with Crippen LogP contribution in [-0.4, -0.2) is 35.5 Å². The molecule has 0 saturated heterocycles. The molecule has 0 radical (unpaired) electrons. The summed E-state index contributed by atoms with van der Waals surface area (Å²) in [6.07, 6.45) is 2.48. The van der Waals surface area contributed by atoms with Crippen LogP contribution < -0.4 is 10.9 Å². The molecule has 178 valence electrons. The summed E-state index contributed by atoms with van der Waals surface area (Å²) < 4.78 is 7.64. The Morgan fingerprint density at radius 1 is 1.29 bits per heavy atom. The van der Waals surface area contributed by atoms with Gasteiger partial charge in [-0.3, -0.25) is 18.8 Å². The van der Waals surface area contributed by atoms with Gasteiger partial charge in [0.2, 0.25) is 5.75 Å². The van der Waals surface area contributed by atoms with E-state index in [1.807, 2.05) is 32.0 Å². The first kappa shape index (κ1) is 23.4. The molecule has 11 nitrogen and oxygen atoms in total. The number of nitriles is 1. The summed E-state index contributed by atoms with van der Waals surface area (Å²) in [6.45, 7) is 3.71. The third-order valence-corrected chi connectivity index (χ3v) is 5.89. The first-order valence-electron chi connectivity index (χ1n) is 10.7. The zero-order valence-corrected chi connectivity index (χ0v) is 19.6. The van der Waals surface area contributed by atoms with Crippen molar-refractivity contribution in [3.63, 3.8) is 0 Å². The third-order valence-electron chi connectivity index (χ3n) is 5.89. The van der Waals surface area contributed by atoms with E-state index in [0.29, 0.717) is 5.56 Å². The van der Waals surface area contributed by atoms with E-state index in [2.05, 4.69) is 26.6 Å². The maximum atomic E-state index is 12.9. The molecule has 3 aromatic heterocycles. The van der Waals surface area contributed by atoms with Crippen molar-refractivity contribution < 1.29 is 14.4 Å². The lowest BCUT2D eigenvalue weighted by molar-refractivity contribution is 0.101. The summed E-state index contributed by atoms with van der Waals surface area (Å²) in [5, 5.41) is 30.7. The molecule has 0 aliphatic rings. The second-order valence-electron chi connectivity index (χ2n) is 8.20. The van der Waals surface area contributed by atoms with E-state index in [1.54, 1.807) is 23.9 Å². The van der Waals surface area contributed by atoms with Crippen molar-refractivity contribution in [3.05, 3.63) is 87.2 Å². The molecule has 0 fully saturated rings. The van der Waals surface area contributed by atoms with Crippen LogP contribution >= 0.6 is 0 Å². The molecule has 35 heavy (non-hydrogen) atoms. The van der Waals surface area contributed by atoms with Gasteiger partial charge in [0.1, 0.15) is 17.8 Å². The van der Waals surface area contributed by atoms with Gasteiger partial charge in [-0.1, -0.05) is 30.3 Å². The lowest BCUT2D eigenvalue weighted by Crippen LogP contribution is -2.30. The largest absolute Gasteiger partial charge is 0.501 e. The van der Waals surface area contributed by atoms with Crippen molar-refractivity contribution in [3.8, 4) is 11.8 Å². The van der Waals surface area contributed by atoms with Gasteiger partial charge in [0, 0.05) is 31.6 Å². The van der Waals surface area contributed by atoms with Gasteiger partial charge in [0.05, 0.1) is 23.5 Å². The van der Waals surface area contributed by atoms with Gasteiger partial charge < -0.3 is 14.9 Å². The summed E-state index contributed by atoms with van der Waals surface area (Å²) in [5.74, 6) is -2.25. The Hall–Kier alpha value is -4.72. The second kappa shape index (κ2) is 9.26. The molecular weight excluding hydrogens is 450 g/mol. The maximum Gasteiger partial charge on any atom is 0.296 e. The monoisotopic (exact) mass is 473 g/mol. The number of rotatable bonds is 6. The highest BCUT2D eigenvalue weighted by molar-refractivity contribution is 6.04. The van der Waals surface area contributed by atoms with Crippen LogP contribution in [0.3, 0.4) is 0 Å². The molecule has 4 rings (SSSR count). The van der Waals surface area contributed by atoms with E-state index >= 15 is 0 Å². The average Bonchev–Trinajstić information content (AvgIpc) is 3.47. The van der Waals surface area contributed by atoms with Crippen LogP contribution in [0.15, 0.2) is 52.1 Å². The molecular formula is C24H23N7O4. The van der Waals surface area contributed by atoms with Crippen LogP contribution in [0.2, 0.25) is 0 Å². The fourth-order valence-corrected chi connectivity index (χ4v) is 4.25. The van der Waals surface area contributed by atoms with Crippen molar-refractivity contribution in [1.29, 1.82) is 5.26 Å². The lowest BCUT2D eigenvalue weighted by atomic mass is 9.81. The van der Waals surface area contributed by atoms with Crippen LogP contribution in [0.25, 0.3) is 0 Å². The Morgan fingerprint density at radius 2 is 2.03 bits per heavy atom. The van der Waals surface area contributed by atoms with Gasteiger partial charge in [0.15, 0.2) is 5.69 Å². The number of nitrogens with one attached hydrogen (secondary N) is 1. The first-order valence-corrected chi connectivity index (χ1v) is 10.7. The van der Waals surface area contributed by atoms with E-state index in [1.165, 1.54) is 24.1 Å². The molecule has 0 spiro atoms. The van der Waals surface area contributed by atoms with Crippen LogP contribution in [-0.2, 0) is 14.1 Å². The van der Waals surface area contributed by atoms with Gasteiger partial charge in [-0.05, 0) is 24.6 Å². The first-order chi connectivity index (χ1) is 16.7. The van der Waals surface area contributed by atoms with Gasteiger partial charge in [-0.2, -0.15) is 10.4 Å². The number of benzene rings is 1. The minimum atomic E-state index is -0.790. The van der Waals surface area contributed by atoms with Crippen molar-refractivity contribution in [2.75, 3.05) is 5.32 Å². The third kappa shape index (κ3) is 4.29. The number of hydrogen-bond donors (Lipinski definition) is 2. The number of aryl methyl sites for hydroxylation is 2. The predicted octanol–water partition coefficient (Wildman–Crippen LogP) is 2.58. The number of amides is 1. The summed E-state index contributed by atoms with van der Waals surface area (Å²) in [6, 6.07) is 11.3. The zero-order valence-electron chi connectivity index (χ0n) is 19.6. The Morgan fingerprint density at radius 3 is 2.66 bits per heavy atom. The summed E-state index contributed by atoms with van der Waals surface area (Å²) >= 11 is 0. The molecule has 11 heteroatoms. The summed E-state index contributed by atoms with van der Waals surface area (Å²) in [5.41, 5.74) is 1.83. The Bertz CT molecular complexity index is 1500. The van der Waals surface area contributed by atoms with Gasteiger partial charge in [-0.25, -0.2) is 4.98 Å². The molecule has 2 atom stereocenters. The molecule has 3 heterocycles. The van der Waals surface area contributed by atoms with Crippen LogP contribution in [0.5, 0.6) is 5.75 Å². The highest BCUT2D eigenvalue weighted by atomic mass is 16.5. The molecule has 2 N–H and O–H groups in total. The highest BCUT2D eigenvalue weighted by Gasteiger charge is 2.32. The second-order valence-corrected chi connectivity index (χ2v) is 8.20. The Labute approximate surface area is 200 Å². The molecule has 4 aromatic rings. The minimum Gasteiger partial charge on any atom is -0.501 e. The fraction of sp³-hybridized carbons (Fsp3) is 0.250. The van der Waals surface area contributed by atoms with Crippen LogP contribution in [0, 0.1) is 18.3 Å². The molecule has 0 unspecified atom stereocenters. The number of aromatic nitrogens is 5. The van der Waals surface area contributed by atoms with Crippen molar-refractivity contribution >= 4 is 11.6 Å². The average molecular weight is 473 g/mol. The number of carbonyl (C=O) groups excluding carboxylic acids is 1. The number of hydrogen-bond acceptors (Lipinski definition) is 8. The van der Waals surface area contributed by atoms with E-state index in [4.69, 9.17) is 4.52 Å². The van der Waals surface area contributed by atoms with Crippen LogP contribution in [0.4, 0.5) is 5.69 Å². The van der Waals surface area contributed by atoms with E-state index < -0.39 is 34.7 Å². The van der Waals surface area contributed by atoms with Gasteiger partial charge in [-0.15, -0.1) is 0 Å². The zero-order chi connectivity index (χ0) is 25.3. The van der Waals surface area contributed by atoms with Crippen molar-refractivity contribution in [2.45, 2.75) is 25.7 Å². The highest BCUT2D eigenvalue weighted by Crippen LogP contribution is 2.39. The summed E-state index contributed by atoms with van der Waals surface area (Å²) in [4.78, 5) is 30.1. The molecule has 0 aliphatic carbocycles. The van der Waals surface area contributed by atoms with Gasteiger partial charge >= 0.3 is 0 Å². The van der Waals surface area contributed by atoms with E-state index in [9.17, 15) is 20.0 Å². The number of carbonyl (C=O) groups is 1. The molecule has 0 saturated carbocycles. The van der Waals surface area contributed by atoms with E-state index in [-0.39, 0.29) is 11.5 Å². The quantitative estimate of drug-likeness (QED) is 0.433. The Balaban J connectivity index is 1.88. The SMILES string of the molecule is Cc1cc([C@@H](c2ccccc2C#N)[C@@H](C)c2nc(C(=O)Nc3cnoc3)c(O)c(=O)n2C)n(C)n1. The van der Waals surface area contributed by atoms with Crippen LogP contribution in [0.1, 0.15) is 57.6 Å².